The van der Waals surface area contributed by atoms with Crippen molar-refractivity contribution in [3.05, 3.63) is 29.8 Å². The lowest BCUT2D eigenvalue weighted by atomic mass is 9.99. The fraction of sp³-hybridized carbons (Fsp3) is 0.462. The lowest BCUT2D eigenvalue weighted by Crippen LogP contribution is -2.34. The van der Waals surface area contributed by atoms with Crippen LogP contribution in [-0.2, 0) is 0 Å². The van der Waals surface area contributed by atoms with Crippen molar-refractivity contribution in [2.24, 2.45) is 5.92 Å². The summed E-state index contributed by atoms with van der Waals surface area (Å²) in [6.45, 7) is 4.58. The minimum absolute atomic E-state index is 0. The van der Waals surface area contributed by atoms with Crippen molar-refractivity contribution in [2.75, 3.05) is 18.0 Å². The van der Waals surface area contributed by atoms with Gasteiger partial charge in [0.15, 0.2) is 0 Å². The fourth-order valence-corrected chi connectivity index (χ4v) is 2.19. The summed E-state index contributed by atoms with van der Waals surface area (Å²) >= 11 is 0. The second-order valence-electron chi connectivity index (χ2n) is 4.40. The number of carbonyl (C=O) groups is 1. The molecule has 1 atom stereocenters. The maximum atomic E-state index is 10.5. The summed E-state index contributed by atoms with van der Waals surface area (Å²) in [5.74, 6) is 0.782. The van der Waals surface area contributed by atoms with E-state index in [1.54, 1.807) is 0 Å². The van der Waals surface area contributed by atoms with E-state index < -0.39 is 0 Å². The van der Waals surface area contributed by atoms with Gasteiger partial charge in [-0.1, -0.05) is 6.92 Å². The van der Waals surface area contributed by atoms with Crippen molar-refractivity contribution in [3.63, 3.8) is 0 Å². The van der Waals surface area contributed by atoms with Gasteiger partial charge in [0.25, 0.3) is 0 Å². The lowest BCUT2D eigenvalue weighted by molar-refractivity contribution is 0.112. The van der Waals surface area contributed by atoms with E-state index in [2.05, 4.69) is 11.8 Å². The van der Waals surface area contributed by atoms with E-state index in [1.807, 2.05) is 24.3 Å². The van der Waals surface area contributed by atoms with Crippen LogP contribution in [-0.4, -0.2) is 19.4 Å². The zero-order chi connectivity index (χ0) is 10.7. The number of aldehydes is 1. The van der Waals surface area contributed by atoms with Crippen molar-refractivity contribution in [3.8, 4) is 0 Å². The Hall–Kier alpha value is -1.02. The molecule has 0 saturated carbocycles. The average molecular weight is 240 g/mol. The monoisotopic (exact) mass is 239 g/mol. The van der Waals surface area contributed by atoms with Crippen molar-refractivity contribution in [1.29, 1.82) is 0 Å². The second kappa shape index (κ2) is 5.90. The fourth-order valence-electron chi connectivity index (χ4n) is 2.19. The molecule has 0 radical (unpaired) electrons. The first kappa shape index (κ1) is 13.0. The van der Waals surface area contributed by atoms with Crippen LogP contribution < -0.4 is 4.90 Å². The first-order chi connectivity index (χ1) is 7.29. The van der Waals surface area contributed by atoms with Crippen molar-refractivity contribution in [1.82, 2.24) is 0 Å². The molecule has 0 spiro atoms. The Kier molecular flexibility index (Phi) is 4.81. The van der Waals surface area contributed by atoms with Gasteiger partial charge in [0.05, 0.1) is 0 Å². The van der Waals surface area contributed by atoms with E-state index in [0.717, 1.165) is 30.9 Å². The molecule has 1 aromatic carbocycles. The number of hydrogen-bond acceptors (Lipinski definition) is 2. The van der Waals surface area contributed by atoms with E-state index in [-0.39, 0.29) is 12.4 Å². The van der Waals surface area contributed by atoms with Crippen LogP contribution in [0, 0.1) is 5.92 Å². The molecular weight excluding hydrogens is 222 g/mol. The smallest absolute Gasteiger partial charge is 0.150 e. The number of carbonyl (C=O) groups excluding carboxylic acids is 1. The molecule has 1 saturated heterocycles. The molecule has 1 heterocycles. The van der Waals surface area contributed by atoms with Gasteiger partial charge in [-0.25, -0.2) is 0 Å². The predicted molar refractivity (Wildman–Crippen MR) is 69.7 cm³/mol. The summed E-state index contributed by atoms with van der Waals surface area (Å²) in [5, 5.41) is 0. The maximum absolute atomic E-state index is 10.5. The Labute approximate surface area is 103 Å². The number of hydrogen-bond donors (Lipinski definition) is 0. The predicted octanol–water partition coefficient (Wildman–Crippen LogP) is 3.16. The van der Waals surface area contributed by atoms with Crippen LogP contribution in [0.2, 0.25) is 0 Å². The number of nitrogens with zero attached hydrogens (tertiary/aromatic N) is 1. The highest BCUT2D eigenvalue weighted by molar-refractivity contribution is 5.85. The second-order valence-corrected chi connectivity index (χ2v) is 4.40. The minimum Gasteiger partial charge on any atom is -0.371 e. The van der Waals surface area contributed by atoms with Crippen LogP contribution in [0.25, 0.3) is 0 Å². The van der Waals surface area contributed by atoms with Gasteiger partial charge in [0.2, 0.25) is 0 Å². The highest BCUT2D eigenvalue weighted by Gasteiger charge is 2.16. The molecule has 0 N–H and O–H groups in total. The van der Waals surface area contributed by atoms with Crippen molar-refractivity contribution < 1.29 is 4.79 Å². The quantitative estimate of drug-likeness (QED) is 0.739. The highest BCUT2D eigenvalue weighted by atomic mass is 35.5. The molecule has 2 rings (SSSR count). The number of piperidine rings is 1. The third kappa shape index (κ3) is 2.99. The van der Waals surface area contributed by atoms with Gasteiger partial charge in [0, 0.05) is 24.3 Å². The van der Waals surface area contributed by atoms with E-state index in [0.29, 0.717) is 0 Å². The Bertz CT molecular complexity index is 336. The Balaban J connectivity index is 0.00000128. The molecule has 1 aliphatic heterocycles. The minimum atomic E-state index is 0. The molecule has 2 nitrogen and oxygen atoms in total. The average Bonchev–Trinajstić information content (AvgIpc) is 2.29. The van der Waals surface area contributed by atoms with Gasteiger partial charge >= 0.3 is 0 Å². The molecule has 0 amide bonds. The van der Waals surface area contributed by atoms with E-state index >= 15 is 0 Å². The molecule has 88 valence electrons. The largest absolute Gasteiger partial charge is 0.371 e. The van der Waals surface area contributed by atoms with Crippen molar-refractivity contribution in [2.45, 2.75) is 19.8 Å². The third-order valence-corrected chi connectivity index (χ3v) is 3.05. The Morgan fingerprint density at radius 2 is 2.00 bits per heavy atom. The maximum Gasteiger partial charge on any atom is 0.150 e. The standard InChI is InChI=1S/C13H17NO.ClH/c1-11-3-2-8-14(9-11)13-6-4-12(10-15)5-7-13;/h4-7,10-11H,2-3,8-9H2,1H3;1H. The number of benzene rings is 1. The third-order valence-electron chi connectivity index (χ3n) is 3.05. The highest BCUT2D eigenvalue weighted by Crippen LogP contribution is 2.22. The van der Waals surface area contributed by atoms with Crippen LogP contribution in [0.3, 0.4) is 0 Å². The molecule has 0 aromatic heterocycles. The first-order valence-electron chi connectivity index (χ1n) is 5.60. The van der Waals surface area contributed by atoms with Crippen molar-refractivity contribution >= 4 is 24.4 Å². The lowest BCUT2D eigenvalue weighted by Gasteiger charge is -2.32. The van der Waals surface area contributed by atoms with E-state index in [9.17, 15) is 4.79 Å². The zero-order valence-corrected chi connectivity index (χ0v) is 10.4. The first-order valence-corrected chi connectivity index (χ1v) is 5.60. The van der Waals surface area contributed by atoms with Crippen LogP contribution in [0.4, 0.5) is 5.69 Å². The summed E-state index contributed by atoms with van der Waals surface area (Å²) in [7, 11) is 0. The van der Waals surface area contributed by atoms with Gasteiger partial charge in [-0.15, -0.1) is 12.4 Å². The number of anilines is 1. The summed E-state index contributed by atoms with van der Waals surface area (Å²) in [6.07, 6.45) is 3.50. The molecule has 16 heavy (non-hydrogen) atoms. The van der Waals surface area contributed by atoms with Gasteiger partial charge in [-0.05, 0) is 43.0 Å². The summed E-state index contributed by atoms with van der Waals surface area (Å²) < 4.78 is 0. The molecule has 3 heteroatoms. The Morgan fingerprint density at radius 3 is 2.56 bits per heavy atom. The normalized spacial score (nSPS) is 20.1. The summed E-state index contributed by atoms with van der Waals surface area (Å²) in [6, 6.07) is 7.87. The SMILES string of the molecule is CC1CCCN(c2ccc(C=O)cc2)C1.Cl. The van der Waals surface area contributed by atoms with Crippen LogP contribution in [0.1, 0.15) is 30.1 Å². The van der Waals surface area contributed by atoms with Gasteiger partial charge in [-0.3, -0.25) is 4.79 Å². The molecule has 1 aromatic rings. The molecule has 1 fully saturated rings. The van der Waals surface area contributed by atoms with Crippen LogP contribution in [0.15, 0.2) is 24.3 Å². The van der Waals surface area contributed by atoms with Crippen LogP contribution >= 0.6 is 12.4 Å². The van der Waals surface area contributed by atoms with Gasteiger partial charge < -0.3 is 4.90 Å². The molecule has 0 bridgehead atoms. The van der Waals surface area contributed by atoms with Gasteiger partial charge in [-0.2, -0.15) is 0 Å². The Morgan fingerprint density at radius 1 is 1.31 bits per heavy atom. The summed E-state index contributed by atoms with van der Waals surface area (Å²) in [5.41, 5.74) is 2.00. The van der Waals surface area contributed by atoms with E-state index in [4.69, 9.17) is 0 Å². The van der Waals surface area contributed by atoms with Crippen LogP contribution in [0.5, 0.6) is 0 Å². The molecular formula is C13H18ClNO. The topological polar surface area (TPSA) is 20.3 Å². The van der Waals surface area contributed by atoms with E-state index in [1.165, 1.54) is 18.5 Å². The van der Waals surface area contributed by atoms with Gasteiger partial charge in [0.1, 0.15) is 6.29 Å². The molecule has 1 aliphatic rings. The zero-order valence-electron chi connectivity index (χ0n) is 9.56. The summed E-state index contributed by atoms with van der Waals surface area (Å²) in [4.78, 5) is 12.9. The molecule has 1 unspecified atom stereocenters. The molecule has 0 aliphatic carbocycles. The number of rotatable bonds is 2. The number of halogens is 1.